The Bertz CT molecular complexity index is 709. The van der Waals surface area contributed by atoms with Crippen molar-refractivity contribution in [2.75, 3.05) is 0 Å². The Labute approximate surface area is 124 Å². The predicted octanol–water partition coefficient (Wildman–Crippen LogP) is 4.56. The highest BCUT2D eigenvalue weighted by molar-refractivity contribution is 7.98. The van der Waals surface area contributed by atoms with Crippen molar-refractivity contribution < 1.29 is 0 Å². The van der Waals surface area contributed by atoms with E-state index in [0.717, 1.165) is 27.5 Å². The number of benzene rings is 1. The number of hydrogen-bond acceptors (Lipinski definition) is 3. The van der Waals surface area contributed by atoms with Crippen LogP contribution in [0.5, 0.6) is 0 Å². The Morgan fingerprint density at radius 1 is 1.16 bits per heavy atom. The number of fused-ring (bicyclic) bond motifs is 1. The summed E-state index contributed by atoms with van der Waals surface area (Å²) in [6.07, 6.45) is 1.77. The standard InChI is InChI=1S/C13H9Cl2N3S/c14-9-2-3-10-11(5-9)18-13(17-10)19-7-8-1-4-12(15)16-6-8/h1-6H,7H2,(H,17,18). The minimum absolute atomic E-state index is 0.507. The molecule has 0 aliphatic heterocycles. The zero-order valence-electron chi connectivity index (χ0n) is 9.73. The largest absolute Gasteiger partial charge is 0.333 e. The van der Waals surface area contributed by atoms with Crippen molar-refractivity contribution in [2.45, 2.75) is 10.9 Å². The highest BCUT2D eigenvalue weighted by atomic mass is 35.5. The van der Waals surface area contributed by atoms with E-state index in [2.05, 4.69) is 15.0 Å². The molecule has 2 heterocycles. The van der Waals surface area contributed by atoms with Crippen LogP contribution >= 0.6 is 35.0 Å². The molecule has 0 saturated heterocycles. The minimum Gasteiger partial charge on any atom is -0.333 e. The molecule has 0 radical (unpaired) electrons. The maximum absolute atomic E-state index is 5.94. The molecule has 0 spiro atoms. The van der Waals surface area contributed by atoms with Crippen molar-refractivity contribution >= 4 is 46.0 Å². The van der Waals surface area contributed by atoms with Crippen molar-refractivity contribution in [1.82, 2.24) is 15.0 Å². The van der Waals surface area contributed by atoms with Crippen molar-refractivity contribution in [3.63, 3.8) is 0 Å². The van der Waals surface area contributed by atoms with Crippen molar-refractivity contribution in [3.05, 3.63) is 52.3 Å². The molecule has 0 amide bonds. The van der Waals surface area contributed by atoms with Gasteiger partial charge in [0, 0.05) is 17.0 Å². The quantitative estimate of drug-likeness (QED) is 0.569. The summed E-state index contributed by atoms with van der Waals surface area (Å²) in [5.41, 5.74) is 2.97. The van der Waals surface area contributed by atoms with Crippen LogP contribution in [0.3, 0.4) is 0 Å². The monoisotopic (exact) mass is 309 g/mol. The van der Waals surface area contributed by atoms with E-state index in [1.807, 2.05) is 24.3 Å². The third-order valence-electron chi connectivity index (χ3n) is 2.59. The molecule has 3 nitrogen and oxygen atoms in total. The Hall–Kier alpha value is -1.23. The normalized spacial score (nSPS) is 11.1. The maximum atomic E-state index is 5.94. The van der Waals surface area contributed by atoms with Crippen LogP contribution in [-0.4, -0.2) is 15.0 Å². The number of aromatic amines is 1. The van der Waals surface area contributed by atoms with E-state index in [4.69, 9.17) is 23.2 Å². The lowest BCUT2D eigenvalue weighted by molar-refractivity contribution is 1.08. The Kier molecular flexibility index (Phi) is 3.64. The number of halogens is 2. The molecule has 3 aromatic rings. The fourth-order valence-electron chi connectivity index (χ4n) is 1.67. The Morgan fingerprint density at radius 2 is 2.05 bits per heavy atom. The lowest BCUT2D eigenvalue weighted by atomic mass is 10.3. The van der Waals surface area contributed by atoms with Crippen molar-refractivity contribution in [2.24, 2.45) is 0 Å². The van der Waals surface area contributed by atoms with Gasteiger partial charge in [-0.05, 0) is 29.8 Å². The Balaban J connectivity index is 1.76. The fourth-order valence-corrected chi connectivity index (χ4v) is 2.77. The number of H-pyrrole nitrogens is 1. The third kappa shape index (κ3) is 3.03. The van der Waals surface area contributed by atoms with Gasteiger partial charge >= 0.3 is 0 Å². The fraction of sp³-hybridized carbons (Fsp3) is 0.0769. The molecule has 0 aliphatic rings. The first-order valence-electron chi connectivity index (χ1n) is 5.59. The van der Waals surface area contributed by atoms with Gasteiger partial charge in [0.1, 0.15) is 5.15 Å². The summed E-state index contributed by atoms with van der Waals surface area (Å²) in [5, 5.41) is 2.08. The number of pyridine rings is 1. The van der Waals surface area contributed by atoms with Crippen LogP contribution in [0.25, 0.3) is 11.0 Å². The molecule has 0 atom stereocenters. The van der Waals surface area contributed by atoms with Crippen LogP contribution in [0.2, 0.25) is 10.2 Å². The van der Waals surface area contributed by atoms with Gasteiger partial charge in [0.05, 0.1) is 11.0 Å². The van der Waals surface area contributed by atoms with Gasteiger partial charge < -0.3 is 4.98 Å². The van der Waals surface area contributed by atoms with Gasteiger partial charge in [-0.15, -0.1) is 0 Å². The zero-order valence-corrected chi connectivity index (χ0v) is 12.1. The third-order valence-corrected chi connectivity index (χ3v) is 3.99. The second kappa shape index (κ2) is 5.41. The molecule has 0 bridgehead atoms. The van der Waals surface area contributed by atoms with E-state index < -0.39 is 0 Å². The summed E-state index contributed by atoms with van der Waals surface area (Å²) in [6, 6.07) is 9.36. The van der Waals surface area contributed by atoms with E-state index in [9.17, 15) is 0 Å². The second-order valence-electron chi connectivity index (χ2n) is 3.98. The van der Waals surface area contributed by atoms with Gasteiger partial charge in [-0.25, -0.2) is 9.97 Å². The molecule has 0 saturated carbocycles. The summed E-state index contributed by atoms with van der Waals surface area (Å²) < 4.78 is 0. The molecule has 2 aromatic heterocycles. The van der Waals surface area contributed by atoms with Crippen molar-refractivity contribution in [1.29, 1.82) is 0 Å². The van der Waals surface area contributed by atoms with Crippen LogP contribution in [0.15, 0.2) is 41.7 Å². The number of nitrogens with one attached hydrogen (secondary N) is 1. The highest BCUT2D eigenvalue weighted by Gasteiger charge is 2.04. The lowest BCUT2D eigenvalue weighted by Gasteiger charge is -1.98. The lowest BCUT2D eigenvalue weighted by Crippen LogP contribution is -1.83. The molecular formula is C13H9Cl2N3S. The summed E-state index contributed by atoms with van der Waals surface area (Å²) in [6.45, 7) is 0. The van der Waals surface area contributed by atoms with E-state index >= 15 is 0 Å². The van der Waals surface area contributed by atoms with E-state index in [-0.39, 0.29) is 0 Å². The molecule has 0 fully saturated rings. The van der Waals surface area contributed by atoms with Crippen LogP contribution in [-0.2, 0) is 5.75 Å². The number of thioether (sulfide) groups is 1. The van der Waals surface area contributed by atoms with Gasteiger partial charge in [-0.1, -0.05) is 41.0 Å². The molecule has 6 heteroatoms. The van der Waals surface area contributed by atoms with Gasteiger partial charge in [-0.2, -0.15) is 0 Å². The van der Waals surface area contributed by atoms with E-state index in [1.54, 1.807) is 24.0 Å². The molecule has 0 aliphatic carbocycles. The molecule has 96 valence electrons. The summed E-state index contributed by atoms with van der Waals surface area (Å²) in [4.78, 5) is 11.8. The first kappa shape index (κ1) is 12.8. The zero-order chi connectivity index (χ0) is 13.2. The predicted molar refractivity (Wildman–Crippen MR) is 79.9 cm³/mol. The summed E-state index contributed by atoms with van der Waals surface area (Å²) >= 11 is 13.3. The maximum Gasteiger partial charge on any atom is 0.166 e. The molecule has 1 aromatic carbocycles. The molecule has 3 rings (SSSR count). The van der Waals surface area contributed by atoms with E-state index in [0.29, 0.717) is 10.2 Å². The number of nitrogens with zero attached hydrogens (tertiary/aromatic N) is 2. The van der Waals surface area contributed by atoms with Gasteiger partial charge in [0.2, 0.25) is 0 Å². The van der Waals surface area contributed by atoms with Gasteiger partial charge in [0.15, 0.2) is 5.16 Å². The number of hydrogen-bond donors (Lipinski definition) is 1. The summed E-state index contributed by atoms with van der Waals surface area (Å²) in [7, 11) is 0. The van der Waals surface area contributed by atoms with Gasteiger partial charge in [0.25, 0.3) is 0 Å². The smallest absolute Gasteiger partial charge is 0.166 e. The van der Waals surface area contributed by atoms with Crippen LogP contribution in [0.4, 0.5) is 0 Å². The molecule has 19 heavy (non-hydrogen) atoms. The highest BCUT2D eigenvalue weighted by Crippen LogP contribution is 2.24. The topological polar surface area (TPSA) is 41.6 Å². The molecule has 0 unspecified atom stereocenters. The number of aromatic nitrogens is 3. The Morgan fingerprint density at radius 3 is 2.84 bits per heavy atom. The first-order chi connectivity index (χ1) is 9.20. The minimum atomic E-state index is 0.507. The van der Waals surface area contributed by atoms with E-state index in [1.165, 1.54) is 0 Å². The first-order valence-corrected chi connectivity index (χ1v) is 7.33. The van der Waals surface area contributed by atoms with Crippen LogP contribution < -0.4 is 0 Å². The SMILES string of the molecule is Clc1ccc2nc(SCc3ccc(Cl)nc3)[nH]c2c1. The average Bonchev–Trinajstić information content (AvgIpc) is 2.80. The number of rotatable bonds is 3. The average molecular weight is 310 g/mol. The summed E-state index contributed by atoms with van der Waals surface area (Å²) in [5.74, 6) is 0.789. The molecule has 1 N–H and O–H groups in total. The number of imidazole rings is 1. The van der Waals surface area contributed by atoms with Gasteiger partial charge in [-0.3, -0.25) is 0 Å². The molecular weight excluding hydrogens is 301 g/mol. The second-order valence-corrected chi connectivity index (χ2v) is 5.77. The van der Waals surface area contributed by atoms with Crippen LogP contribution in [0.1, 0.15) is 5.56 Å². The van der Waals surface area contributed by atoms with Crippen molar-refractivity contribution in [3.8, 4) is 0 Å². The van der Waals surface area contributed by atoms with Crippen LogP contribution in [0, 0.1) is 0 Å².